The number of benzene rings is 2. The van der Waals surface area contributed by atoms with E-state index < -0.39 is 26.2 Å². The predicted octanol–water partition coefficient (Wildman–Crippen LogP) is 5.92. The molecular weight excluding hydrogens is 506 g/mol. The Morgan fingerprint density at radius 2 is 1.68 bits per heavy atom. The second-order valence-corrected chi connectivity index (χ2v) is 14.0. The monoisotopic (exact) mass is 542 g/mol. The summed E-state index contributed by atoms with van der Waals surface area (Å²) < 4.78 is 54.4. The van der Waals surface area contributed by atoms with Gasteiger partial charge in [0.15, 0.2) is 9.84 Å². The van der Waals surface area contributed by atoms with Crippen LogP contribution >= 0.6 is 0 Å². The van der Waals surface area contributed by atoms with Crippen molar-refractivity contribution in [1.29, 1.82) is 0 Å². The third kappa shape index (κ3) is 6.56. The lowest BCUT2D eigenvalue weighted by atomic mass is 9.88. The minimum absolute atomic E-state index is 0.0371. The van der Waals surface area contributed by atoms with Gasteiger partial charge in [-0.1, -0.05) is 24.3 Å². The van der Waals surface area contributed by atoms with Crippen LogP contribution in [-0.4, -0.2) is 48.2 Å². The number of rotatable bonds is 7. The molecule has 4 rings (SSSR count). The highest BCUT2D eigenvalue weighted by molar-refractivity contribution is 7.91. The molecule has 0 radical (unpaired) electrons. The van der Waals surface area contributed by atoms with E-state index in [4.69, 9.17) is 0 Å². The van der Waals surface area contributed by atoms with E-state index in [1.54, 1.807) is 27.0 Å². The topological polar surface area (TPSA) is 75.2 Å². The maximum atomic E-state index is 15.0. The molecule has 3 aromatic rings. The number of sulfone groups is 1. The number of hydrogen-bond acceptors (Lipinski definition) is 6. The fraction of sp³-hybridized carbons (Fsp3) is 0.448. The van der Waals surface area contributed by atoms with Crippen LogP contribution in [0.5, 0.6) is 0 Å². The van der Waals surface area contributed by atoms with Gasteiger partial charge in [0.25, 0.3) is 0 Å². The van der Waals surface area contributed by atoms with Gasteiger partial charge >= 0.3 is 0 Å². The standard InChI is InChI=1S/C29H36F2N4O2S/c1-19-17-32-28(33-23-15-24(30)27(25(31)16-23)22-9-11-35(5)12-10-22)34-26(19)14-20-7-6-8-21(13-20)18-38(36,37)29(2,3)4/h6-8,13,15-17,22H,9-12,14,18H2,1-5H3,(H,32,33,34). The van der Waals surface area contributed by atoms with E-state index in [1.807, 2.05) is 38.2 Å². The fourth-order valence-electron chi connectivity index (χ4n) is 4.65. The number of nitrogens with zero attached hydrogens (tertiary/aromatic N) is 3. The number of halogens is 2. The highest BCUT2D eigenvalue weighted by atomic mass is 32.2. The van der Waals surface area contributed by atoms with E-state index in [0.717, 1.165) is 48.3 Å². The average Bonchev–Trinajstić information content (AvgIpc) is 2.81. The smallest absolute Gasteiger partial charge is 0.227 e. The third-order valence-electron chi connectivity index (χ3n) is 7.19. The van der Waals surface area contributed by atoms with Gasteiger partial charge < -0.3 is 10.2 Å². The summed E-state index contributed by atoms with van der Waals surface area (Å²) in [4.78, 5) is 11.1. The number of aryl methyl sites for hydroxylation is 1. The van der Waals surface area contributed by atoms with Crippen LogP contribution in [0, 0.1) is 18.6 Å². The van der Waals surface area contributed by atoms with Crippen LogP contribution in [0.3, 0.4) is 0 Å². The number of likely N-dealkylation sites (tertiary alicyclic amines) is 1. The number of aromatic nitrogens is 2. The van der Waals surface area contributed by atoms with Crippen molar-refractivity contribution in [2.24, 2.45) is 0 Å². The van der Waals surface area contributed by atoms with E-state index in [-0.39, 0.29) is 28.9 Å². The zero-order valence-electron chi connectivity index (χ0n) is 22.7. The lowest BCUT2D eigenvalue weighted by Crippen LogP contribution is -2.30. The quantitative estimate of drug-likeness (QED) is 0.400. The van der Waals surface area contributed by atoms with Gasteiger partial charge in [-0.3, -0.25) is 0 Å². The largest absolute Gasteiger partial charge is 0.324 e. The Bertz CT molecular complexity index is 1390. The van der Waals surface area contributed by atoms with Crippen LogP contribution in [0.2, 0.25) is 0 Å². The second kappa shape index (κ2) is 11.1. The zero-order valence-corrected chi connectivity index (χ0v) is 23.5. The Balaban J connectivity index is 1.51. The number of piperidine rings is 1. The summed E-state index contributed by atoms with van der Waals surface area (Å²) in [5.41, 5.74) is 3.64. The molecule has 38 heavy (non-hydrogen) atoms. The van der Waals surface area contributed by atoms with Crippen molar-refractivity contribution >= 4 is 21.5 Å². The minimum atomic E-state index is -3.31. The SMILES string of the molecule is Cc1cnc(Nc2cc(F)c(C3CCN(C)CC3)c(F)c2)nc1Cc1cccc(CS(=O)(=O)C(C)(C)C)c1. The minimum Gasteiger partial charge on any atom is -0.324 e. The molecular formula is C29H36F2N4O2S. The molecule has 0 aliphatic carbocycles. The molecule has 204 valence electrons. The Morgan fingerprint density at radius 3 is 2.32 bits per heavy atom. The average molecular weight is 543 g/mol. The van der Waals surface area contributed by atoms with Gasteiger partial charge in [0.05, 0.1) is 16.2 Å². The second-order valence-electron chi connectivity index (χ2n) is 11.2. The van der Waals surface area contributed by atoms with Crippen LogP contribution in [0.25, 0.3) is 0 Å². The number of hydrogen-bond donors (Lipinski definition) is 1. The summed E-state index contributed by atoms with van der Waals surface area (Å²) in [5.74, 6) is -1.04. The summed E-state index contributed by atoms with van der Waals surface area (Å²) in [7, 11) is -1.30. The van der Waals surface area contributed by atoms with Crippen molar-refractivity contribution in [2.45, 2.75) is 63.4 Å². The molecule has 0 unspecified atom stereocenters. The molecule has 0 amide bonds. The van der Waals surface area contributed by atoms with Gasteiger partial charge in [-0.05, 0) is 95.4 Å². The first kappa shape index (κ1) is 28.1. The third-order valence-corrected chi connectivity index (χ3v) is 9.77. The molecule has 6 nitrogen and oxygen atoms in total. The van der Waals surface area contributed by atoms with Crippen molar-refractivity contribution in [3.05, 3.63) is 82.2 Å². The molecule has 1 fully saturated rings. The summed E-state index contributed by atoms with van der Waals surface area (Å²) in [6, 6.07) is 10.1. The molecule has 0 saturated carbocycles. The van der Waals surface area contributed by atoms with E-state index in [9.17, 15) is 17.2 Å². The first-order valence-corrected chi connectivity index (χ1v) is 14.5. The Hall–Kier alpha value is -2.91. The van der Waals surface area contributed by atoms with Crippen molar-refractivity contribution in [1.82, 2.24) is 14.9 Å². The molecule has 0 bridgehead atoms. The molecule has 1 saturated heterocycles. The Kier molecular flexibility index (Phi) is 8.18. The highest BCUT2D eigenvalue weighted by Gasteiger charge is 2.29. The molecule has 1 aromatic heterocycles. The van der Waals surface area contributed by atoms with E-state index in [2.05, 4.69) is 20.2 Å². The summed E-state index contributed by atoms with van der Waals surface area (Å²) >= 11 is 0. The van der Waals surface area contributed by atoms with Gasteiger partial charge in [-0.15, -0.1) is 0 Å². The zero-order chi connectivity index (χ0) is 27.7. The summed E-state index contributed by atoms with van der Waals surface area (Å²) in [6.07, 6.45) is 3.58. The van der Waals surface area contributed by atoms with E-state index in [1.165, 1.54) is 12.1 Å². The van der Waals surface area contributed by atoms with Crippen LogP contribution in [-0.2, 0) is 22.0 Å². The van der Waals surface area contributed by atoms with Crippen LogP contribution in [0.1, 0.15) is 67.5 Å². The Morgan fingerprint density at radius 1 is 1.05 bits per heavy atom. The summed E-state index contributed by atoms with van der Waals surface area (Å²) in [5, 5.41) is 2.95. The van der Waals surface area contributed by atoms with Gasteiger partial charge in [0.2, 0.25) is 5.95 Å². The van der Waals surface area contributed by atoms with Gasteiger partial charge in [-0.25, -0.2) is 27.2 Å². The molecule has 2 heterocycles. The molecule has 1 aliphatic rings. The van der Waals surface area contributed by atoms with Crippen molar-refractivity contribution in [2.75, 3.05) is 25.5 Å². The molecule has 1 N–H and O–H groups in total. The maximum absolute atomic E-state index is 15.0. The van der Waals surface area contributed by atoms with E-state index >= 15 is 0 Å². The van der Waals surface area contributed by atoms with Crippen molar-refractivity contribution in [3.63, 3.8) is 0 Å². The van der Waals surface area contributed by atoms with Crippen molar-refractivity contribution < 1.29 is 17.2 Å². The molecule has 1 aliphatic heterocycles. The van der Waals surface area contributed by atoms with E-state index in [0.29, 0.717) is 6.42 Å². The van der Waals surface area contributed by atoms with Crippen LogP contribution in [0.15, 0.2) is 42.6 Å². The lowest BCUT2D eigenvalue weighted by Gasteiger charge is -2.29. The highest BCUT2D eigenvalue weighted by Crippen LogP contribution is 2.33. The van der Waals surface area contributed by atoms with Crippen LogP contribution < -0.4 is 5.32 Å². The predicted molar refractivity (Wildman–Crippen MR) is 148 cm³/mol. The van der Waals surface area contributed by atoms with Gasteiger partial charge in [-0.2, -0.15) is 0 Å². The lowest BCUT2D eigenvalue weighted by molar-refractivity contribution is 0.250. The number of nitrogens with one attached hydrogen (secondary N) is 1. The van der Waals surface area contributed by atoms with Gasteiger partial charge in [0, 0.05) is 23.9 Å². The molecule has 0 atom stereocenters. The maximum Gasteiger partial charge on any atom is 0.227 e. The normalized spacial score (nSPS) is 15.6. The Labute approximate surface area is 224 Å². The molecule has 0 spiro atoms. The first-order chi connectivity index (χ1) is 17.8. The molecule has 2 aromatic carbocycles. The van der Waals surface area contributed by atoms with Crippen LogP contribution in [0.4, 0.5) is 20.4 Å². The number of anilines is 2. The fourth-order valence-corrected chi connectivity index (χ4v) is 5.70. The van der Waals surface area contributed by atoms with Crippen molar-refractivity contribution in [3.8, 4) is 0 Å². The first-order valence-electron chi connectivity index (χ1n) is 12.9. The summed E-state index contributed by atoms with van der Waals surface area (Å²) in [6.45, 7) is 8.63. The van der Waals surface area contributed by atoms with Gasteiger partial charge in [0.1, 0.15) is 11.6 Å². The molecule has 9 heteroatoms.